The number of aromatic nitrogens is 9. The zero-order valence-corrected chi connectivity index (χ0v) is 23.1. The number of phosphoric acid groups is 1. The van der Waals surface area contributed by atoms with Gasteiger partial charge in [-0.1, -0.05) is 5.21 Å². The molecule has 0 aromatic carbocycles. The zero-order chi connectivity index (χ0) is 30.1. The second kappa shape index (κ2) is 10.3. The molecule has 0 radical (unpaired) electrons. The van der Waals surface area contributed by atoms with Gasteiger partial charge in [-0.15, -0.1) is 5.10 Å². The van der Waals surface area contributed by atoms with Crippen molar-refractivity contribution in [3.63, 3.8) is 0 Å². The lowest BCUT2D eigenvalue weighted by atomic mass is 10.1. The van der Waals surface area contributed by atoms with Crippen molar-refractivity contribution < 1.29 is 45.0 Å². The van der Waals surface area contributed by atoms with Crippen molar-refractivity contribution in [3.8, 4) is 0 Å². The Balaban J connectivity index is 1.15. The fraction of sp³-hybridized carbons (Fsp3) is 0.526. The summed E-state index contributed by atoms with van der Waals surface area (Å²) >= 11 is 0. The van der Waals surface area contributed by atoms with Crippen LogP contribution in [-0.4, -0.2) is 96.6 Å². The Hall–Kier alpha value is -3.54. The molecule has 1 unspecified atom stereocenters. The third-order valence-corrected chi connectivity index (χ3v) is 9.00. The topological polar surface area (TPSA) is 279 Å². The second-order valence-corrected chi connectivity index (χ2v) is 12.4. The maximum absolute atomic E-state index is 15.8. The van der Waals surface area contributed by atoms with E-state index >= 15 is 4.39 Å². The number of rotatable bonds is 2. The number of nitrogens with zero attached hydrogens (tertiary/aromatic N) is 8. The first kappa shape index (κ1) is 28.2. The zero-order valence-electron chi connectivity index (χ0n) is 21.4. The van der Waals surface area contributed by atoms with E-state index in [1.54, 1.807) is 0 Å². The summed E-state index contributed by atoms with van der Waals surface area (Å²) in [5.41, 5.74) is 5.37. The van der Waals surface area contributed by atoms with Crippen molar-refractivity contribution in [3.05, 3.63) is 29.3 Å². The van der Waals surface area contributed by atoms with E-state index in [9.17, 15) is 22.7 Å². The van der Waals surface area contributed by atoms with Gasteiger partial charge in [-0.05, 0) is 0 Å². The van der Waals surface area contributed by atoms with E-state index in [1.807, 2.05) is 0 Å². The van der Waals surface area contributed by atoms with Crippen molar-refractivity contribution in [2.75, 3.05) is 18.9 Å². The highest BCUT2D eigenvalue weighted by atomic mass is 32.2. The van der Waals surface area contributed by atoms with Crippen LogP contribution in [0.25, 0.3) is 22.3 Å². The van der Waals surface area contributed by atoms with Crippen molar-refractivity contribution in [1.29, 1.82) is 0 Å². The van der Waals surface area contributed by atoms with Crippen molar-refractivity contribution >= 4 is 46.3 Å². The standard InChI is InChI=1S/C19H21FN11O10PS/c20-11-14-8(39-19(11)30-6-26-12-15(21)22-4-23-16(12)30)2-27-43(35,36)41-7-1-10(38-9(7)3-37-42(33,34)40-14)31-17-13(28-29-31)18(32)25-5-24-17/h4-11,14,19,27H,1-3H2,(H,33,34)(H2,21,22,23)(H,24,25,32)/p-1/t7-,8+,9+,10+,11+,14+,19+/m0/s1. The summed E-state index contributed by atoms with van der Waals surface area (Å²) < 4.78 is 85.8. The Morgan fingerprint density at radius 1 is 1.12 bits per heavy atom. The molecule has 3 aliphatic rings. The highest BCUT2D eigenvalue weighted by Gasteiger charge is 2.50. The van der Waals surface area contributed by atoms with Crippen LogP contribution in [-0.2, 0) is 37.6 Å². The molecule has 43 heavy (non-hydrogen) atoms. The van der Waals surface area contributed by atoms with Crippen molar-refractivity contribution in [2.24, 2.45) is 0 Å². The first-order valence-electron chi connectivity index (χ1n) is 12.5. The number of nitrogen functional groups attached to an aromatic ring is 1. The molecule has 3 saturated heterocycles. The number of aromatic amines is 1. The van der Waals surface area contributed by atoms with Crippen LogP contribution >= 0.6 is 7.82 Å². The van der Waals surface area contributed by atoms with Gasteiger partial charge < -0.3 is 34.1 Å². The Morgan fingerprint density at radius 2 is 1.95 bits per heavy atom. The average molecular weight is 644 g/mol. The van der Waals surface area contributed by atoms with Crippen LogP contribution in [0.3, 0.4) is 0 Å². The number of anilines is 1. The van der Waals surface area contributed by atoms with E-state index in [0.717, 1.165) is 21.9 Å². The highest BCUT2D eigenvalue weighted by Crippen LogP contribution is 2.47. The van der Waals surface area contributed by atoms with Gasteiger partial charge in [0.1, 0.15) is 36.3 Å². The molecule has 0 saturated carbocycles. The summed E-state index contributed by atoms with van der Waals surface area (Å²) in [4.78, 5) is 43.1. The monoisotopic (exact) mass is 644 g/mol. The van der Waals surface area contributed by atoms with Crippen LogP contribution in [0, 0.1) is 0 Å². The van der Waals surface area contributed by atoms with Gasteiger partial charge in [-0.25, -0.2) is 24.3 Å². The van der Waals surface area contributed by atoms with E-state index in [-0.39, 0.29) is 34.6 Å². The Bertz CT molecular complexity index is 1920. The fourth-order valence-electron chi connectivity index (χ4n) is 5.06. The average Bonchev–Trinajstić information content (AvgIpc) is 3.72. The molecule has 0 amide bonds. The van der Waals surface area contributed by atoms with Gasteiger partial charge in [-0.3, -0.25) is 18.1 Å². The number of hydrogen-bond donors (Lipinski definition) is 3. The number of imidazole rings is 1. The molecule has 0 bridgehead atoms. The summed E-state index contributed by atoms with van der Waals surface area (Å²) in [6.45, 7) is -1.44. The number of H-pyrrole nitrogens is 1. The Kier molecular flexibility index (Phi) is 6.75. The summed E-state index contributed by atoms with van der Waals surface area (Å²) in [6, 6.07) is 0. The first-order chi connectivity index (χ1) is 20.5. The lowest BCUT2D eigenvalue weighted by Gasteiger charge is -2.31. The smallest absolute Gasteiger partial charge is 0.336 e. The van der Waals surface area contributed by atoms with E-state index in [4.69, 9.17) is 28.4 Å². The second-order valence-electron chi connectivity index (χ2n) is 9.65. The van der Waals surface area contributed by atoms with E-state index < -0.39 is 79.9 Å². The minimum Gasteiger partial charge on any atom is -0.756 e. The van der Waals surface area contributed by atoms with Gasteiger partial charge in [0.25, 0.3) is 13.4 Å². The molecule has 230 valence electrons. The number of phosphoric ester groups is 1. The Labute approximate surface area is 238 Å². The van der Waals surface area contributed by atoms with Crippen LogP contribution < -0.4 is 20.9 Å². The van der Waals surface area contributed by atoms with Crippen molar-refractivity contribution in [1.82, 2.24) is 49.2 Å². The van der Waals surface area contributed by atoms with E-state index in [0.29, 0.717) is 0 Å². The molecular formula is C19H20FN11O10PS-. The van der Waals surface area contributed by atoms with Gasteiger partial charge >= 0.3 is 10.3 Å². The summed E-state index contributed by atoms with van der Waals surface area (Å²) in [5.74, 6) is 0.0131. The fourth-order valence-corrected chi connectivity index (χ4v) is 6.97. The molecule has 8 atom stereocenters. The normalized spacial score (nSPS) is 34.9. The Morgan fingerprint density at radius 3 is 2.79 bits per heavy atom. The predicted octanol–water partition coefficient (Wildman–Crippen LogP) is -2.44. The minimum absolute atomic E-state index is 0.0131. The van der Waals surface area contributed by atoms with Gasteiger partial charge in [0.2, 0.25) is 0 Å². The molecule has 0 spiro atoms. The SMILES string of the molecule is Nc1ncnc2c1ncn2[C@@H]1O[C@@H]2CNS(=O)(=O)O[C@H]3C[C@H](n4nnc5c(=O)[nH]cnc54)O[C@@H]3COP(=O)([O-])O[C@H]2[C@H]1F. The molecule has 21 nitrogen and oxygen atoms in total. The third-order valence-electron chi connectivity index (χ3n) is 7.01. The molecule has 4 N–H and O–H groups in total. The summed E-state index contributed by atoms with van der Waals surface area (Å²) in [7, 11) is -9.82. The summed E-state index contributed by atoms with van der Waals surface area (Å²) in [5, 5.41) is 7.60. The molecular weight excluding hydrogens is 624 g/mol. The maximum atomic E-state index is 15.8. The van der Waals surface area contributed by atoms with E-state index in [1.165, 1.54) is 6.33 Å². The number of fused-ring (bicyclic) bond motifs is 4. The number of alkyl halides is 1. The molecule has 0 aliphatic carbocycles. The molecule has 3 fully saturated rings. The van der Waals surface area contributed by atoms with Crippen LogP contribution in [0.4, 0.5) is 10.2 Å². The van der Waals surface area contributed by atoms with E-state index in [2.05, 4.69) is 40.0 Å². The van der Waals surface area contributed by atoms with Gasteiger partial charge in [-0.2, -0.15) is 17.8 Å². The highest BCUT2D eigenvalue weighted by molar-refractivity contribution is 7.84. The molecule has 4 aromatic heterocycles. The largest absolute Gasteiger partial charge is 0.756 e. The van der Waals surface area contributed by atoms with Gasteiger partial charge in [0, 0.05) is 13.0 Å². The van der Waals surface area contributed by atoms with Gasteiger partial charge in [0.15, 0.2) is 41.3 Å². The number of hydrogen-bond acceptors (Lipinski definition) is 17. The van der Waals surface area contributed by atoms with Crippen LogP contribution in [0.2, 0.25) is 0 Å². The molecule has 7 heterocycles. The number of ether oxygens (including phenoxy) is 2. The third kappa shape index (κ3) is 5.07. The van der Waals surface area contributed by atoms with Crippen LogP contribution in [0.5, 0.6) is 0 Å². The molecule has 24 heteroatoms. The number of nitrogens with one attached hydrogen (secondary N) is 2. The maximum Gasteiger partial charge on any atom is 0.336 e. The number of halogens is 1. The minimum atomic E-state index is -5.26. The lowest BCUT2D eigenvalue weighted by molar-refractivity contribution is -0.235. The van der Waals surface area contributed by atoms with Crippen LogP contribution in [0.15, 0.2) is 23.8 Å². The molecule has 7 rings (SSSR count). The molecule has 4 aromatic rings. The number of nitrogens with two attached hydrogens (primary N) is 1. The lowest BCUT2D eigenvalue weighted by Crippen LogP contribution is -2.44. The first-order valence-corrected chi connectivity index (χ1v) is 15.3. The molecule has 3 aliphatic heterocycles. The van der Waals surface area contributed by atoms with Crippen molar-refractivity contribution in [2.45, 2.75) is 49.5 Å². The summed E-state index contributed by atoms with van der Waals surface area (Å²) in [6.07, 6.45) is -7.51. The quantitative estimate of drug-likeness (QED) is 0.191. The predicted molar refractivity (Wildman–Crippen MR) is 133 cm³/mol. The van der Waals surface area contributed by atoms with Crippen LogP contribution in [0.1, 0.15) is 18.9 Å². The van der Waals surface area contributed by atoms with Gasteiger partial charge in [0.05, 0.1) is 19.3 Å².